The monoisotopic (exact) mass is 344 g/mol. The first kappa shape index (κ1) is 18.0. The topological polar surface area (TPSA) is 114 Å². The Kier molecular flexibility index (Phi) is 6.64. The van der Waals surface area contributed by atoms with Gasteiger partial charge in [-0.25, -0.2) is 26.6 Å². The molecule has 0 fully saturated rings. The number of hydrogen-bond acceptors (Lipinski definition) is 6. The summed E-state index contributed by atoms with van der Waals surface area (Å²) in [4.78, 5) is -2.00. The summed E-state index contributed by atoms with van der Waals surface area (Å²) in [6.07, 6.45) is 0. The third-order valence-electron chi connectivity index (χ3n) is 1.83. The summed E-state index contributed by atoms with van der Waals surface area (Å²) in [5.74, 6) is 0. The molecule has 0 spiro atoms. The second-order valence-electron chi connectivity index (χ2n) is 3.12. The normalized spacial score (nSPS) is 11.1. The summed E-state index contributed by atoms with van der Waals surface area (Å²) in [7, 11) is -9.80. The van der Waals surface area contributed by atoms with E-state index in [4.69, 9.17) is 0 Å². The van der Waals surface area contributed by atoms with E-state index >= 15 is 0 Å². The molecule has 2 rings (SSSR count). The van der Waals surface area contributed by atoms with Crippen molar-refractivity contribution in [3.05, 3.63) is 48.5 Å². The first-order valence-corrected chi connectivity index (χ1v) is 7.39. The van der Waals surface area contributed by atoms with Crippen LogP contribution in [0.5, 0.6) is 0 Å². The number of hydrogen-bond donors (Lipinski definition) is 0. The molecule has 106 valence electrons. The largest absolute Gasteiger partial charge is 2.00 e. The maximum Gasteiger partial charge on any atom is 2.00 e. The molecule has 6 nitrogen and oxygen atoms in total. The molecule has 0 aliphatic rings. The van der Waals surface area contributed by atoms with Crippen molar-refractivity contribution in [1.29, 1.82) is 0 Å². The van der Waals surface area contributed by atoms with Gasteiger partial charge in [0.05, 0.1) is 10.1 Å². The third-order valence-corrected chi connectivity index (χ3v) is 3.75. The molecule has 0 N–H and O–H groups in total. The average molecular weight is 344 g/mol. The molecule has 0 aliphatic heterocycles. The first-order chi connectivity index (χ1) is 8.23. The maximum absolute atomic E-state index is 10.4. The Balaban J connectivity index is 0.000000454. The summed E-state index contributed by atoms with van der Waals surface area (Å²) >= 11 is 0. The Morgan fingerprint density at radius 1 is 1.00 bits per heavy atom. The Labute approximate surface area is 121 Å². The van der Waals surface area contributed by atoms with Gasteiger partial charge >= 0.3 is 17.1 Å². The van der Waals surface area contributed by atoms with E-state index in [-0.39, 0.29) is 17.1 Å². The molecular weight excluding hydrogens is 336 g/mol. The standard InChI is InChI=1S/C5H5O6S2.C5H5.Fe/c6-12(7,8)4-2-1-3-5(4)13(9,10)11;1-2-4-5-3-1;/h1-3H,(H,6,7,8)(H,9,10,11);1-5H;/q2*-1;+2/p-2. The van der Waals surface area contributed by atoms with Gasteiger partial charge in [-0.05, 0) is 9.79 Å². The summed E-state index contributed by atoms with van der Waals surface area (Å²) in [5, 5.41) is 0. The molecule has 2 aromatic rings. The van der Waals surface area contributed by atoms with Crippen LogP contribution in [0, 0.1) is 0 Å². The molecule has 0 aliphatic carbocycles. The van der Waals surface area contributed by atoms with E-state index < -0.39 is 30.0 Å². The fraction of sp³-hybridized carbons (Fsp3) is 0. The molecule has 0 aromatic heterocycles. The van der Waals surface area contributed by atoms with Crippen molar-refractivity contribution in [2.24, 2.45) is 0 Å². The average Bonchev–Trinajstić information content (AvgIpc) is 2.91. The first-order valence-electron chi connectivity index (χ1n) is 4.57. The zero-order valence-electron chi connectivity index (χ0n) is 9.24. The van der Waals surface area contributed by atoms with Crippen molar-refractivity contribution in [2.75, 3.05) is 0 Å². The van der Waals surface area contributed by atoms with Crippen molar-refractivity contribution in [1.82, 2.24) is 0 Å². The van der Waals surface area contributed by atoms with Crippen LogP contribution in [0.4, 0.5) is 0 Å². The molecule has 0 amide bonds. The predicted molar refractivity (Wildman–Crippen MR) is 60.0 cm³/mol. The Morgan fingerprint density at radius 3 is 1.79 bits per heavy atom. The van der Waals surface area contributed by atoms with E-state index in [1.165, 1.54) is 0 Å². The minimum Gasteiger partial charge on any atom is -0.754 e. The Hall–Kier alpha value is -0.961. The van der Waals surface area contributed by atoms with Gasteiger partial charge in [0, 0.05) is 0 Å². The van der Waals surface area contributed by atoms with Crippen LogP contribution < -0.4 is 0 Å². The second-order valence-corrected chi connectivity index (χ2v) is 5.82. The van der Waals surface area contributed by atoms with Crippen LogP contribution >= 0.6 is 0 Å². The molecule has 0 heterocycles. The van der Waals surface area contributed by atoms with Gasteiger partial charge in [-0.3, -0.25) is 8.42 Å². The van der Waals surface area contributed by atoms with Crippen LogP contribution in [0.2, 0.25) is 0 Å². The Bertz CT molecular complexity index is 618. The zero-order chi connectivity index (χ0) is 13.8. The molecule has 0 saturated heterocycles. The quantitative estimate of drug-likeness (QED) is 0.448. The fourth-order valence-electron chi connectivity index (χ4n) is 1.12. The summed E-state index contributed by atoms with van der Waals surface area (Å²) < 4.78 is 62.4. The van der Waals surface area contributed by atoms with E-state index in [1.807, 2.05) is 30.3 Å². The van der Waals surface area contributed by atoms with E-state index in [1.54, 1.807) is 0 Å². The summed E-state index contributed by atoms with van der Waals surface area (Å²) in [5.41, 5.74) is 0. The number of rotatable bonds is 2. The van der Waals surface area contributed by atoms with Crippen LogP contribution in [0.3, 0.4) is 0 Å². The van der Waals surface area contributed by atoms with Gasteiger partial charge in [-0.1, -0.05) is 0 Å². The van der Waals surface area contributed by atoms with E-state index in [9.17, 15) is 25.9 Å². The smallest absolute Gasteiger partial charge is 0.754 e. The van der Waals surface area contributed by atoms with E-state index in [0.717, 1.165) is 18.2 Å². The summed E-state index contributed by atoms with van der Waals surface area (Å²) in [6, 6.07) is 12.6. The van der Waals surface area contributed by atoms with Crippen molar-refractivity contribution in [3.8, 4) is 0 Å². The molecule has 0 atom stereocenters. The molecule has 19 heavy (non-hydrogen) atoms. The van der Waals surface area contributed by atoms with Crippen LogP contribution in [0.25, 0.3) is 0 Å². The molecule has 0 bridgehead atoms. The van der Waals surface area contributed by atoms with Crippen LogP contribution in [-0.4, -0.2) is 25.9 Å². The SMILES string of the molecule is O=S(=O)([O-])c1ccc[c-]1S(=O)(=O)[O-].[Fe+2].c1cc[cH-]c1. The van der Waals surface area contributed by atoms with Crippen molar-refractivity contribution >= 4 is 20.2 Å². The van der Waals surface area contributed by atoms with Gasteiger partial charge in [0.2, 0.25) is 0 Å². The van der Waals surface area contributed by atoms with Gasteiger partial charge < -0.3 is 9.11 Å². The minimum atomic E-state index is -4.90. The molecule has 0 saturated carbocycles. The van der Waals surface area contributed by atoms with Crippen molar-refractivity contribution in [3.63, 3.8) is 0 Å². The van der Waals surface area contributed by atoms with Crippen molar-refractivity contribution < 1.29 is 43.0 Å². The van der Waals surface area contributed by atoms with Crippen LogP contribution in [0.1, 0.15) is 0 Å². The predicted octanol–water partition coefficient (Wildman–Crippen LogP) is 0.617. The molecule has 2 aromatic carbocycles. The van der Waals surface area contributed by atoms with Gasteiger partial charge in [-0.2, -0.15) is 30.3 Å². The van der Waals surface area contributed by atoms with Gasteiger partial charge in [0.1, 0.15) is 10.1 Å². The molecule has 0 unspecified atom stereocenters. The zero-order valence-corrected chi connectivity index (χ0v) is 12.0. The van der Waals surface area contributed by atoms with Crippen LogP contribution in [-0.2, 0) is 37.3 Å². The van der Waals surface area contributed by atoms with E-state index in [0.29, 0.717) is 0 Å². The van der Waals surface area contributed by atoms with Gasteiger partial charge in [-0.15, -0.1) is 0 Å². The third kappa shape index (κ3) is 5.68. The second kappa shape index (κ2) is 6.99. The minimum absolute atomic E-state index is 0. The molecule has 0 radical (unpaired) electrons. The van der Waals surface area contributed by atoms with Gasteiger partial charge in [0.15, 0.2) is 0 Å². The van der Waals surface area contributed by atoms with Crippen LogP contribution in [0.15, 0.2) is 58.3 Å². The summed E-state index contributed by atoms with van der Waals surface area (Å²) in [6.45, 7) is 0. The maximum atomic E-state index is 10.4. The van der Waals surface area contributed by atoms with E-state index in [2.05, 4.69) is 0 Å². The molecule has 9 heteroatoms. The van der Waals surface area contributed by atoms with Crippen molar-refractivity contribution in [2.45, 2.75) is 9.79 Å². The fourth-order valence-corrected chi connectivity index (χ4v) is 2.85. The molecular formula is C10H8FeO6S2-2. The Morgan fingerprint density at radius 2 is 1.53 bits per heavy atom. The van der Waals surface area contributed by atoms with Gasteiger partial charge in [0.25, 0.3) is 0 Å².